The Bertz CT molecular complexity index is 558. The molecule has 2 rings (SSSR count). The second kappa shape index (κ2) is 6.87. The molecule has 0 saturated carbocycles. The summed E-state index contributed by atoms with van der Waals surface area (Å²) >= 11 is 5.14. The number of rotatable bonds is 5. The highest BCUT2D eigenvalue weighted by Crippen LogP contribution is 2.29. The SMILES string of the molecule is COc1cc(COc2ccccc2Br)ccc1SC. The highest BCUT2D eigenvalue weighted by atomic mass is 79.9. The van der Waals surface area contributed by atoms with Crippen LogP contribution in [0.1, 0.15) is 5.56 Å². The third kappa shape index (κ3) is 3.67. The molecule has 2 aromatic rings. The van der Waals surface area contributed by atoms with Gasteiger partial charge in [-0.3, -0.25) is 0 Å². The number of para-hydroxylation sites is 1. The molecular formula is C15H15BrO2S. The van der Waals surface area contributed by atoms with E-state index in [0.717, 1.165) is 26.4 Å². The Morgan fingerprint density at radius 2 is 1.89 bits per heavy atom. The number of thioether (sulfide) groups is 1. The molecule has 0 amide bonds. The summed E-state index contributed by atoms with van der Waals surface area (Å²) in [6.07, 6.45) is 2.04. The normalized spacial score (nSPS) is 10.3. The maximum Gasteiger partial charge on any atom is 0.133 e. The second-order valence-electron chi connectivity index (χ2n) is 3.91. The summed E-state index contributed by atoms with van der Waals surface area (Å²) in [7, 11) is 1.69. The number of hydrogen-bond acceptors (Lipinski definition) is 3. The minimum absolute atomic E-state index is 0.521. The van der Waals surface area contributed by atoms with E-state index >= 15 is 0 Å². The third-order valence-corrected chi connectivity index (χ3v) is 4.11. The summed E-state index contributed by atoms with van der Waals surface area (Å²) in [6.45, 7) is 0.521. The zero-order valence-electron chi connectivity index (χ0n) is 10.9. The maximum absolute atomic E-state index is 5.79. The maximum atomic E-state index is 5.79. The fraction of sp³-hybridized carbons (Fsp3) is 0.200. The van der Waals surface area contributed by atoms with Crippen molar-refractivity contribution in [2.75, 3.05) is 13.4 Å². The van der Waals surface area contributed by atoms with Crippen molar-refractivity contribution in [2.45, 2.75) is 11.5 Å². The van der Waals surface area contributed by atoms with Crippen LogP contribution in [0.5, 0.6) is 11.5 Å². The highest BCUT2D eigenvalue weighted by molar-refractivity contribution is 9.10. The van der Waals surface area contributed by atoms with Crippen molar-refractivity contribution in [3.8, 4) is 11.5 Å². The Morgan fingerprint density at radius 1 is 1.11 bits per heavy atom. The van der Waals surface area contributed by atoms with Crippen molar-refractivity contribution in [3.05, 3.63) is 52.5 Å². The number of ether oxygens (including phenoxy) is 2. The van der Waals surface area contributed by atoms with Crippen molar-refractivity contribution < 1.29 is 9.47 Å². The van der Waals surface area contributed by atoms with E-state index in [1.807, 2.05) is 36.6 Å². The van der Waals surface area contributed by atoms with Gasteiger partial charge in [-0.2, -0.15) is 0 Å². The lowest BCUT2D eigenvalue weighted by Crippen LogP contribution is -1.97. The van der Waals surface area contributed by atoms with Gasteiger partial charge in [0.15, 0.2) is 0 Å². The lowest BCUT2D eigenvalue weighted by molar-refractivity contribution is 0.303. The van der Waals surface area contributed by atoms with Crippen LogP contribution in [0.15, 0.2) is 51.8 Å². The van der Waals surface area contributed by atoms with Crippen LogP contribution < -0.4 is 9.47 Å². The topological polar surface area (TPSA) is 18.5 Å². The van der Waals surface area contributed by atoms with Crippen molar-refractivity contribution in [1.82, 2.24) is 0 Å². The Kier molecular flexibility index (Phi) is 5.16. The van der Waals surface area contributed by atoms with Gasteiger partial charge >= 0.3 is 0 Å². The first-order valence-corrected chi connectivity index (χ1v) is 7.84. The number of hydrogen-bond donors (Lipinski definition) is 0. The van der Waals surface area contributed by atoms with Gasteiger partial charge in [-0.15, -0.1) is 11.8 Å². The van der Waals surface area contributed by atoms with Gasteiger partial charge in [-0.1, -0.05) is 18.2 Å². The van der Waals surface area contributed by atoms with Crippen LogP contribution in [0.2, 0.25) is 0 Å². The van der Waals surface area contributed by atoms with E-state index in [0.29, 0.717) is 6.61 Å². The molecule has 4 heteroatoms. The van der Waals surface area contributed by atoms with Gasteiger partial charge in [0.2, 0.25) is 0 Å². The Labute approximate surface area is 126 Å². The van der Waals surface area contributed by atoms with Gasteiger partial charge < -0.3 is 9.47 Å². The van der Waals surface area contributed by atoms with Gasteiger partial charge in [-0.25, -0.2) is 0 Å². The Balaban J connectivity index is 2.10. The average molecular weight is 339 g/mol. The van der Waals surface area contributed by atoms with Crippen molar-refractivity contribution in [2.24, 2.45) is 0 Å². The lowest BCUT2D eigenvalue weighted by atomic mass is 10.2. The second-order valence-corrected chi connectivity index (χ2v) is 5.61. The van der Waals surface area contributed by atoms with E-state index in [9.17, 15) is 0 Å². The molecule has 0 radical (unpaired) electrons. The summed E-state index contributed by atoms with van der Waals surface area (Å²) in [5, 5.41) is 0. The summed E-state index contributed by atoms with van der Waals surface area (Å²) in [6, 6.07) is 14.0. The van der Waals surface area contributed by atoms with Gasteiger partial charge in [0.1, 0.15) is 18.1 Å². The number of methoxy groups -OCH3 is 1. The van der Waals surface area contributed by atoms with Gasteiger partial charge in [0.05, 0.1) is 11.6 Å². The average Bonchev–Trinajstić information content (AvgIpc) is 2.46. The van der Waals surface area contributed by atoms with E-state index in [1.54, 1.807) is 18.9 Å². The van der Waals surface area contributed by atoms with Gasteiger partial charge in [0.25, 0.3) is 0 Å². The predicted octanol–water partition coefficient (Wildman–Crippen LogP) is 4.76. The van der Waals surface area contributed by atoms with Crippen molar-refractivity contribution >= 4 is 27.7 Å². The van der Waals surface area contributed by atoms with Crippen LogP contribution >= 0.6 is 27.7 Å². The molecule has 19 heavy (non-hydrogen) atoms. The molecule has 0 aliphatic rings. The first kappa shape index (κ1) is 14.3. The Hall–Kier alpha value is -1.13. The smallest absolute Gasteiger partial charge is 0.133 e. The predicted molar refractivity (Wildman–Crippen MR) is 83.2 cm³/mol. The van der Waals surface area contributed by atoms with Crippen LogP contribution in [0, 0.1) is 0 Å². The largest absolute Gasteiger partial charge is 0.496 e. The molecule has 0 atom stereocenters. The summed E-state index contributed by atoms with van der Waals surface area (Å²) in [5.41, 5.74) is 1.09. The minimum Gasteiger partial charge on any atom is -0.496 e. The van der Waals surface area contributed by atoms with E-state index < -0.39 is 0 Å². The summed E-state index contributed by atoms with van der Waals surface area (Å²) in [4.78, 5) is 1.13. The molecule has 0 saturated heterocycles. The van der Waals surface area contributed by atoms with E-state index in [1.165, 1.54) is 0 Å². The zero-order chi connectivity index (χ0) is 13.7. The van der Waals surface area contributed by atoms with Crippen LogP contribution in [-0.2, 0) is 6.61 Å². The molecule has 0 aliphatic heterocycles. The molecular weight excluding hydrogens is 324 g/mol. The van der Waals surface area contributed by atoms with Gasteiger partial charge in [0, 0.05) is 4.90 Å². The fourth-order valence-corrected chi connectivity index (χ4v) is 2.64. The molecule has 0 bridgehead atoms. The number of benzene rings is 2. The molecule has 0 heterocycles. The van der Waals surface area contributed by atoms with Crippen LogP contribution in [0.4, 0.5) is 0 Å². The molecule has 100 valence electrons. The molecule has 0 N–H and O–H groups in total. The first-order valence-electron chi connectivity index (χ1n) is 5.83. The molecule has 0 aliphatic carbocycles. The molecule has 0 unspecified atom stereocenters. The molecule has 0 fully saturated rings. The number of halogens is 1. The first-order chi connectivity index (χ1) is 9.24. The van der Waals surface area contributed by atoms with Gasteiger partial charge in [-0.05, 0) is 52.0 Å². The fourth-order valence-electron chi connectivity index (χ4n) is 1.69. The minimum atomic E-state index is 0.521. The molecule has 2 aromatic carbocycles. The Morgan fingerprint density at radius 3 is 2.58 bits per heavy atom. The van der Waals surface area contributed by atoms with E-state index in [-0.39, 0.29) is 0 Å². The summed E-state index contributed by atoms with van der Waals surface area (Å²) < 4.78 is 12.1. The monoisotopic (exact) mass is 338 g/mol. The van der Waals surface area contributed by atoms with Crippen LogP contribution in [-0.4, -0.2) is 13.4 Å². The molecule has 0 aromatic heterocycles. The van der Waals surface area contributed by atoms with Crippen LogP contribution in [0.3, 0.4) is 0 Å². The lowest BCUT2D eigenvalue weighted by Gasteiger charge is -2.11. The van der Waals surface area contributed by atoms with Crippen molar-refractivity contribution in [1.29, 1.82) is 0 Å². The van der Waals surface area contributed by atoms with Crippen molar-refractivity contribution in [3.63, 3.8) is 0 Å². The molecule has 2 nitrogen and oxygen atoms in total. The molecule has 0 spiro atoms. The van der Waals surface area contributed by atoms with E-state index in [4.69, 9.17) is 9.47 Å². The zero-order valence-corrected chi connectivity index (χ0v) is 13.3. The van der Waals surface area contributed by atoms with Crippen LogP contribution in [0.25, 0.3) is 0 Å². The quantitative estimate of drug-likeness (QED) is 0.732. The summed E-state index contributed by atoms with van der Waals surface area (Å²) in [5.74, 6) is 1.73. The highest BCUT2D eigenvalue weighted by Gasteiger charge is 2.05. The van der Waals surface area contributed by atoms with E-state index in [2.05, 4.69) is 28.1 Å². The standard InChI is InChI=1S/C15H15BrO2S/c1-17-14-9-11(7-8-15(14)19-2)10-18-13-6-4-3-5-12(13)16/h3-9H,10H2,1-2H3. The third-order valence-electron chi connectivity index (χ3n) is 2.68.